The summed E-state index contributed by atoms with van der Waals surface area (Å²) >= 11 is 0. The first-order chi connectivity index (χ1) is 8.31. The van der Waals surface area contributed by atoms with Crippen molar-refractivity contribution in [1.29, 1.82) is 0 Å². The monoisotopic (exact) mass is 236 g/mol. The van der Waals surface area contributed by atoms with Crippen molar-refractivity contribution in [2.24, 2.45) is 0 Å². The maximum atomic E-state index is 9.50. The van der Waals surface area contributed by atoms with Crippen molar-refractivity contribution in [3.8, 4) is 0 Å². The lowest BCUT2D eigenvalue weighted by Gasteiger charge is -2.10. The first kappa shape index (κ1) is 11.8. The molecule has 17 heavy (non-hydrogen) atoms. The maximum Gasteiger partial charge on any atom is 0.152 e. The molecule has 2 aromatic heterocycles. The highest BCUT2D eigenvalue weighted by Crippen LogP contribution is 2.12. The van der Waals surface area contributed by atoms with Crippen LogP contribution in [-0.4, -0.2) is 46.1 Å². The number of aliphatic hydroxyl groups is 1. The van der Waals surface area contributed by atoms with E-state index in [2.05, 4.69) is 15.4 Å². The number of aliphatic hydroxyl groups excluding tert-OH is 1. The molecular formula is C11H16N4O2. The van der Waals surface area contributed by atoms with Gasteiger partial charge in [0.2, 0.25) is 0 Å². The fourth-order valence-corrected chi connectivity index (χ4v) is 1.63. The molecule has 0 aromatic carbocycles. The minimum absolute atomic E-state index is 0.353. The molecule has 0 bridgehead atoms. The lowest BCUT2D eigenvalue weighted by Crippen LogP contribution is -2.18. The van der Waals surface area contributed by atoms with Crippen molar-refractivity contribution in [1.82, 2.24) is 14.6 Å². The Balaban J connectivity index is 1.92. The molecule has 2 aromatic rings. The van der Waals surface area contributed by atoms with Crippen molar-refractivity contribution in [3.63, 3.8) is 0 Å². The lowest BCUT2D eigenvalue weighted by molar-refractivity contribution is 0.0615. The minimum Gasteiger partial charge on any atom is -0.391 e. The number of anilines is 1. The molecule has 0 aliphatic rings. The van der Waals surface area contributed by atoms with Gasteiger partial charge < -0.3 is 15.2 Å². The van der Waals surface area contributed by atoms with E-state index in [4.69, 9.17) is 4.74 Å². The molecular weight excluding hydrogens is 220 g/mol. The first-order valence-corrected chi connectivity index (χ1v) is 5.50. The zero-order valence-corrected chi connectivity index (χ0v) is 9.71. The summed E-state index contributed by atoms with van der Waals surface area (Å²) < 4.78 is 6.61. The Bertz CT molecular complexity index is 471. The summed E-state index contributed by atoms with van der Waals surface area (Å²) in [5, 5.41) is 16.8. The number of hydrogen-bond acceptors (Lipinski definition) is 5. The van der Waals surface area contributed by atoms with Crippen molar-refractivity contribution in [2.45, 2.75) is 12.5 Å². The molecule has 0 saturated carbocycles. The largest absolute Gasteiger partial charge is 0.391 e. The second kappa shape index (κ2) is 5.60. The van der Waals surface area contributed by atoms with Crippen molar-refractivity contribution < 1.29 is 9.84 Å². The van der Waals surface area contributed by atoms with Crippen LogP contribution in [-0.2, 0) is 4.74 Å². The molecule has 1 atom stereocenters. The first-order valence-electron chi connectivity index (χ1n) is 5.50. The predicted octanol–water partition coefficient (Wildman–Crippen LogP) is 0.539. The molecule has 0 saturated heterocycles. The fraction of sp³-hybridized carbons (Fsp3) is 0.455. The van der Waals surface area contributed by atoms with E-state index in [0.29, 0.717) is 19.6 Å². The van der Waals surface area contributed by atoms with E-state index >= 15 is 0 Å². The van der Waals surface area contributed by atoms with Gasteiger partial charge in [0.15, 0.2) is 5.82 Å². The fourth-order valence-electron chi connectivity index (χ4n) is 1.63. The van der Waals surface area contributed by atoms with Gasteiger partial charge in [0, 0.05) is 26.0 Å². The zero-order valence-electron chi connectivity index (χ0n) is 9.71. The second-order valence-corrected chi connectivity index (χ2v) is 3.76. The van der Waals surface area contributed by atoms with Gasteiger partial charge in [-0.25, -0.2) is 9.50 Å². The third-order valence-electron chi connectivity index (χ3n) is 2.45. The summed E-state index contributed by atoms with van der Waals surface area (Å²) in [6.45, 7) is 0.994. The number of hydrogen-bond donors (Lipinski definition) is 2. The molecule has 92 valence electrons. The Morgan fingerprint density at radius 3 is 3.24 bits per heavy atom. The summed E-state index contributed by atoms with van der Waals surface area (Å²) in [5.74, 6) is 0.773. The van der Waals surface area contributed by atoms with E-state index in [1.165, 1.54) is 0 Å². The minimum atomic E-state index is -0.447. The summed E-state index contributed by atoms with van der Waals surface area (Å²) in [7, 11) is 1.57. The van der Waals surface area contributed by atoms with Gasteiger partial charge in [0.25, 0.3) is 0 Å². The average Bonchev–Trinajstić information content (AvgIpc) is 2.78. The van der Waals surface area contributed by atoms with Gasteiger partial charge >= 0.3 is 0 Å². The summed E-state index contributed by atoms with van der Waals surface area (Å²) in [6.07, 6.45) is 5.37. The average molecular weight is 236 g/mol. The number of methoxy groups -OCH3 is 1. The van der Waals surface area contributed by atoms with Crippen LogP contribution in [0.5, 0.6) is 0 Å². The Morgan fingerprint density at radius 2 is 2.41 bits per heavy atom. The smallest absolute Gasteiger partial charge is 0.152 e. The molecule has 0 amide bonds. The Kier molecular flexibility index (Phi) is 3.89. The van der Waals surface area contributed by atoms with Crippen LogP contribution in [0.1, 0.15) is 6.42 Å². The van der Waals surface area contributed by atoms with Crippen molar-refractivity contribution >= 4 is 11.3 Å². The molecule has 2 N–H and O–H groups in total. The highest BCUT2D eigenvalue weighted by Gasteiger charge is 2.05. The van der Waals surface area contributed by atoms with Crippen molar-refractivity contribution in [2.75, 3.05) is 25.6 Å². The number of fused-ring (bicyclic) bond motifs is 1. The molecule has 0 spiro atoms. The number of rotatable bonds is 6. The topological polar surface area (TPSA) is 71.7 Å². The van der Waals surface area contributed by atoms with E-state index in [-0.39, 0.29) is 0 Å². The third kappa shape index (κ3) is 2.92. The molecule has 0 radical (unpaired) electrons. The van der Waals surface area contributed by atoms with Crippen LogP contribution >= 0.6 is 0 Å². The van der Waals surface area contributed by atoms with Gasteiger partial charge in [0.05, 0.1) is 18.9 Å². The molecule has 1 unspecified atom stereocenters. The van der Waals surface area contributed by atoms with Crippen LogP contribution in [0.15, 0.2) is 24.7 Å². The second-order valence-electron chi connectivity index (χ2n) is 3.76. The molecule has 2 heterocycles. The SMILES string of the molecule is COCC(O)CCNc1nccn2nccc12. The summed E-state index contributed by atoms with van der Waals surface area (Å²) in [4.78, 5) is 4.24. The lowest BCUT2D eigenvalue weighted by atomic mass is 10.2. The standard InChI is InChI=1S/C11H16N4O2/c1-17-8-9(16)2-4-12-11-10-3-5-14-15(10)7-6-13-11/h3,5-7,9,16H,2,4,8H2,1H3,(H,12,13). The Labute approximate surface area is 99.2 Å². The van der Waals surface area contributed by atoms with Crippen LogP contribution < -0.4 is 5.32 Å². The molecule has 2 rings (SSSR count). The number of nitrogens with one attached hydrogen (secondary N) is 1. The maximum absolute atomic E-state index is 9.50. The van der Waals surface area contributed by atoms with Gasteiger partial charge in [-0.1, -0.05) is 0 Å². The molecule has 0 fully saturated rings. The quantitative estimate of drug-likeness (QED) is 0.766. The molecule has 6 heteroatoms. The highest BCUT2D eigenvalue weighted by atomic mass is 16.5. The third-order valence-corrected chi connectivity index (χ3v) is 2.45. The highest BCUT2D eigenvalue weighted by molar-refractivity contribution is 5.66. The van der Waals surface area contributed by atoms with Gasteiger partial charge in [-0.15, -0.1) is 0 Å². The van der Waals surface area contributed by atoms with Crippen LogP contribution in [0.25, 0.3) is 5.52 Å². The van der Waals surface area contributed by atoms with Crippen LogP contribution in [0.4, 0.5) is 5.82 Å². The van der Waals surface area contributed by atoms with Crippen LogP contribution in [0.3, 0.4) is 0 Å². The number of ether oxygens (including phenoxy) is 1. The van der Waals surface area contributed by atoms with Gasteiger partial charge in [-0.3, -0.25) is 0 Å². The van der Waals surface area contributed by atoms with Gasteiger partial charge in [0.1, 0.15) is 5.52 Å². The van der Waals surface area contributed by atoms with E-state index < -0.39 is 6.10 Å². The van der Waals surface area contributed by atoms with E-state index in [1.54, 1.807) is 30.2 Å². The van der Waals surface area contributed by atoms with Gasteiger partial charge in [-0.2, -0.15) is 5.10 Å². The number of nitrogens with zero attached hydrogens (tertiary/aromatic N) is 3. The Morgan fingerprint density at radius 1 is 1.53 bits per heavy atom. The van der Waals surface area contributed by atoms with Crippen LogP contribution in [0.2, 0.25) is 0 Å². The molecule has 0 aliphatic carbocycles. The Hall–Kier alpha value is -1.66. The zero-order chi connectivity index (χ0) is 12.1. The summed E-state index contributed by atoms with van der Waals surface area (Å²) in [5.41, 5.74) is 0.925. The van der Waals surface area contributed by atoms with E-state index in [0.717, 1.165) is 11.3 Å². The summed E-state index contributed by atoms with van der Waals surface area (Å²) in [6, 6.07) is 1.89. The predicted molar refractivity (Wildman–Crippen MR) is 64.0 cm³/mol. The van der Waals surface area contributed by atoms with E-state index in [1.807, 2.05) is 6.07 Å². The normalized spacial score (nSPS) is 12.8. The number of aromatic nitrogens is 3. The molecule has 0 aliphatic heterocycles. The van der Waals surface area contributed by atoms with Crippen molar-refractivity contribution in [3.05, 3.63) is 24.7 Å². The molecule has 6 nitrogen and oxygen atoms in total. The van der Waals surface area contributed by atoms with E-state index in [9.17, 15) is 5.11 Å². The van der Waals surface area contributed by atoms with Gasteiger partial charge in [-0.05, 0) is 12.5 Å². The van der Waals surface area contributed by atoms with Crippen LogP contribution in [0, 0.1) is 0 Å².